The SMILES string of the molecule is Cc1ccc(Br)c(Nc2cccnc2N)c1. The smallest absolute Gasteiger partial charge is 0.147 e. The lowest BCUT2D eigenvalue weighted by Crippen LogP contribution is -1.98. The van der Waals surface area contributed by atoms with Crippen molar-refractivity contribution in [3.63, 3.8) is 0 Å². The molecule has 0 saturated carbocycles. The van der Waals surface area contributed by atoms with Crippen LogP contribution in [-0.2, 0) is 0 Å². The summed E-state index contributed by atoms with van der Waals surface area (Å²) in [5.41, 5.74) is 8.76. The first kappa shape index (κ1) is 11.0. The van der Waals surface area contributed by atoms with E-state index in [4.69, 9.17) is 5.73 Å². The Hall–Kier alpha value is -1.55. The van der Waals surface area contributed by atoms with Crippen LogP contribution >= 0.6 is 15.9 Å². The van der Waals surface area contributed by atoms with Gasteiger partial charge in [-0.2, -0.15) is 0 Å². The van der Waals surface area contributed by atoms with Crippen LogP contribution in [0.1, 0.15) is 5.56 Å². The molecule has 4 heteroatoms. The molecule has 0 amide bonds. The third-order valence-electron chi connectivity index (χ3n) is 2.23. The van der Waals surface area contributed by atoms with E-state index in [9.17, 15) is 0 Å². The second kappa shape index (κ2) is 4.53. The molecule has 2 aromatic rings. The highest BCUT2D eigenvalue weighted by Crippen LogP contribution is 2.28. The number of aromatic nitrogens is 1. The quantitative estimate of drug-likeness (QED) is 0.884. The summed E-state index contributed by atoms with van der Waals surface area (Å²) in [6.07, 6.45) is 1.67. The Labute approximate surface area is 103 Å². The van der Waals surface area contributed by atoms with Crippen LogP contribution in [-0.4, -0.2) is 4.98 Å². The molecule has 16 heavy (non-hydrogen) atoms. The minimum atomic E-state index is 0.496. The third kappa shape index (κ3) is 2.33. The minimum Gasteiger partial charge on any atom is -0.382 e. The number of rotatable bonds is 2. The molecule has 0 spiro atoms. The summed E-state index contributed by atoms with van der Waals surface area (Å²) in [4.78, 5) is 4.03. The van der Waals surface area contributed by atoms with Crippen LogP contribution in [0.25, 0.3) is 0 Å². The Morgan fingerprint density at radius 2 is 2.06 bits per heavy atom. The van der Waals surface area contributed by atoms with Gasteiger partial charge in [0.2, 0.25) is 0 Å². The molecular formula is C12H12BrN3. The predicted molar refractivity (Wildman–Crippen MR) is 70.8 cm³/mol. The van der Waals surface area contributed by atoms with E-state index in [1.807, 2.05) is 31.2 Å². The van der Waals surface area contributed by atoms with E-state index in [-0.39, 0.29) is 0 Å². The zero-order chi connectivity index (χ0) is 11.5. The highest BCUT2D eigenvalue weighted by Gasteiger charge is 2.03. The fourth-order valence-electron chi connectivity index (χ4n) is 1.40. The lowest BCUT2D eigenvalue weighted by atomic mass is 10.2. The number of aryl methyl sites for hydroxylation is 1. The average Bonchev–Trinajstić information content (AvgIpc) is 2.27. The molecule has 0 radical (unpaired) electrons. The molecule has 3 N–H and O–H groups in total. The van der Waals surface area contributed by atoms with E-state index in [0.717, 1.165) is 15.8 Å². The number of nitrogen functional groups attached to an aromatic ring is 1. The number of pyridine rings is 1. The van der Waals surface area contributed by atoms with Crippen molar-refractivity contribution in [2.45, 2.75) is 6.92 Å². The van der Waals surface area contributed by atoms with E-state index in [1.54, 1.807) is 6.20 Å². The molecule has 0 saturated heterocycles. The van der Waals surface area contributed by atoms with Crippen LogP contribution in [0.2, 0.25) is 0 Å². The van der Waals surface area contributed by atoms with Crippen molar-refractivity contribution in [1.29, 1.82) is 0 Å². The van der Waals surface area contributed by atoms with Crippen LogP contribution in [0.3, 0.4) is 0 Å². The fraction of sp³-hybridized carbons (Fsp3) is 0.0833. The molecule has 0 aliphatic heterocycles. The molecule has 0 aliphatic rings. The lowest BCUT2D eigenvalue weighted by molar-refractivity contribution is 1.32. The van der Waals surface area contributed by atoms with Crippen LogP contribution in [0.4, 0.5) is 17.2 Å². The molecular weight excluding hydrogens is 266 g/mol. The Kier molecular flexibility index (Phi) is 3.10. The summed E-state index contributed by atoms with van der Waals surface area (Å²) in [6, 6.07) is 9.85. The number of benzene rings is 1. The maximum absolute atomic E-state index is 5.77. The van der Waals surface area contributed by atoms with Crippen LogP contribution < -0.4 is 11.1 Å². The summed E-state index contributed by atoms with van der Waals surface area (Å²) in [7, 11) is 0. The van der Waals surface area contributed by atoms with Gasteiger partial charge < -0.3 is 11.1 Å². The minimum absolute atomic E-state index is 0.496. The predicted octanol–water partition coefficient (Wildman–Crippen LogP) is 3.48. The molecule has 0 bridgehead atoms. The fourth-order valence-corrected chi connectivity index (χ4v) is 1.75. The van der Waals surface area contributed by atoms with Crippen LogP contribution in [0.15, 0.2) is 41.0 Å². The van der Waals surface area contributed by atoms with E-state index in [2.05, 4.69) is 32.3 Å². The Morgan fingerprint density at radius 3 is 2.81 bits per heavy atom. The summed E-state index contributed by atoms with van der Waals surface area (Å²) in [5, 5.41) is 3.25. The number of nitrogens with two attached hydrogens (primary N) is 1. The molecule has 82 valence electrons. The monoisotopic (exact) mass is 277 g/mol. The average molecular weight is 278 g/mol. The normalized spacial score (nSPS) is 10.1. The largest absolute Gasteiger partial charge is 0.382 e. The Balaban J connectivity index is 2.34. The van der Waals surface area contributed by atoms with Gasteiger partial charge in [-0.15, -0.1) is 0 Å². The number of halogens is 1. The summed E-state index contributed by atoms with van der Waals surface area (Å²) in [6.45, 7) is 2.05. The second-order valence-corrected chi connectivity index (χ2v) is 4.40. The number of nitrogens with zero attached hydrogens (tertiary/aromatic N) is 1. The van der Waals surface area contributed by atoms with Gasteiger partial charge in [0.05, 0.1) is 11.4 Å². The Morgan fingerprint density at radius 1 is 1.25 bits per heavy atom. The molecule has 1 aromatic carbocycles. The maximum atomic E-state index is 5.77. The van der Waals surface area contributed by atoms with Crippen molar-refractivity contribution in [2.75, 3.05) is 11.1 Å². The van der Waals surface area contributed by atoms with Gasteiger partial charge in [0.25, 0.3) is 0 Å². The molecule has 0 fully saturated rings. The van der Waals surface area contributed by atoms with Crippen molar-refractivity contribution >= 4 is 33.1 Å². The molecule has 1 aromatic heterocycles. The van der Waals surface area contributed by atoms with Gasteiger partial charge in [-0.25, -0.2) is 4.98 Å². The number of nitrogens with one attached hydrogen (secondary N) is 1. The van der Waals surface area contributed by atoms with E-state index in [1.165, 1.54) is 5.56 Å². The lowest BCUT2D eigenvalue weighted by Gasteiger charge is -2.10. The summed E-state index contributed by atoms with van der Waals surface area (Å²) < 4.78 is 1.00. The molecule has 1 heterocycles. The van der Waals surface area contributed by atoms with Gasteiger partial charge in [-0.3, -0.25) is 0 Å². The van der Waals surface area contributed by atoms with Crippen molar-refractivity contribution in [3.05, 3.63) is 46.6 Å². The number of hydrogen-bond donors (Lipinski definition) is 2. The van der Waals surface area contributed by atoms with Crippen molar-refractivity contribution in [1.82, 2.24) is 4.98 Å². The summed E-state index contributed by atoms with van der Waals surface area (Å²) in [5.74, 6) is 0.496. The first-order valence-electron chi connectivity index (χ1n) is 4.90. The molecule has 3 nitrogen and oxygen atoms in total. The first-order valence-corrected chi connectivity index (χ1v) is 5.70. The Bertz CT molecular complexity index is 511. The third-order valence-corrected chi connectivity index (χ3v) is 2.92. The van der Waals surface area contributed by atoms with Crippen molar-refractivity contribution in [3.8, 4) is 0 Å². The number of hydrogen-bond acceptors (Lipinski definition) is 3. The molecule has 0 unspecified atom stereocenters. The second-order valence-electron chi connectivity index (χ2n) is 3.54. The van der Waals surface area contributed by atoms with Crippen molar-refractivity contribution < 1.29 is 0 Å². The molecule has 0 aliphatic carbocycles. The molecule has 2 rings (SSSR count). The van der Waals surface area contributed by atoms with Crippen molar-refractivity contribution in [2.24, 2.45) is 0 Å². The van der Waals surface area contributed by atoms with Gasteiger partial charge in [0.1, 0.15) is 5.82 Å². The zero-order valence-electron chi connectivity index (χ0n) is 8.87. The summed E-state index contributed by atoms with van der Waals surface area (Å²) >= 11 is 3.49. The van der Waals surface area contributed by atoms with Gasteiger partial charge in [0, 0.05) is 10.7 Å². The highest BCUT2D eigenvalue weighted by atomic mass is 79.9. The van der Waals surface area contributed by atoms with Gasteiger partial charge in [0.15, 0.2) is 0 Å². The zero-order valence-corrected chi connectivity index (χ0v) is 10.5. The van der Waals surface area contributed by atoms with Crippen LogP contribution in [0.5, 0.6) is 0 Å². The van der Waals surface area contributed by atoms with Gasteiger partial charge in [-0.05, 0) is 52.7 Å². The topological polar surface area (TPSA) is 50.9 Å². The van der Waals surface area contributed by atoms with E-state index in [0.29, 0.717) is 5.82 Å². The highest BCUT2D eigenvalue weighted by molar-refractivity contribution is 9.10. The van der Waals surface area contributed by atoms with Gasteiger partial charge >= 0.3 is 0 Å². The van der Waals surface area contributed by atoms with E-state index >= 15 is 0 Å². The molecule has 0 atom stereocenters. The number of anilines is 3. The van der Waals surface area contributed by atoms with Crippen LogP contribution in [0, 0.1) is 6.92 Å². The maximum Gasteiger partial charge on any atom is 0.147 e. The van der Waals surface area contributed by atoms with Gasteiger partial charge in [-0.1, -0.05) is 6.07 Å². The first-order chi connectivity index (χ1) is 7.66. The van der Waals surface area contributed by atoms with E-state index < -0.39 is 0 Å². The standard InChI is InChI=1S/C12H12BrN3/c1-8-4-5-9(13)11(7-8)16-10-3-2-6-15-12(10)14/h2-7,16H,1H3,(H2,14,15).